The molecule has 0 aromatic rings. The number of amides is 1. The molecule has 0 heterocycles. The molecule has 1 aliphatic carbocycles. The summed E-state index contributed by atoms with van der Waals surface area (Å²) >= 11 is 0. The van der Waals surface area contributed by atoms with Crippen LogP contribution in [0, 0.1) is 0 Å². The van der Waals surface area contributed by atoms with Crippen molar-refractivity contribution in [2.75, 3.05) is 0 Å². The fourth-order valence-corrected chi connectivity index (χ4v) is 3.55. The van der Waals surface area contributed by atoms with Crippen LogP contribution in [0.25, 0.3) is 0 Å². The predicted molar refractivity (Wildman–Crippen MR) is 89.4 cm³/mol. The zero-order valence-electron chi connectivity index (χ0n) is 15.2. The zero-order valence-corrected chi connectivity index (χ0v) is 16.2. The molecule has 130 valence electrons. The number of alkyl halides is 1. The van der Waals surface area contributed by atoms with Crippen LogP contribution in [0.15, 0.2) is 0 Å². The van der Waals surface area contributed by atoms with Gasteiger partial charge in [0.15, 0.2) is 8.32 Å². The molecule has 0 bridgehead atoms. The highest BCUT2D eigenvalue weighted by atomic mass is 28.4. The molecule has 1 rings (SSSR count). The lowest BCUT2D eigenvalue weighted by atomic mass is 10.2. The van der Waals surface area contributed by atoms with Crippen LogP contribution in [-0.2, 0) is 9.16 Å². The standard InChI is InChI=1S/C16H32FNO3Si/c1-15(2,3)20-14(19)18-12-10-9-11(17)13(12)21-22(7,8)16(4,5)6/h11-13H,9-10H2,1-8H3,(H,18,19)/t11-,12-,13-/m1/s1. The second-order valence-electron chi connectivity index (χ2n) is 8.69. The molecular formula is C16H32FNO3Si. The van der Waals surface area contributed by atoms with E-state index in [1.165, 1.54) is 0 Å². The van der Waals surface area contributed by atoms with Crippen LogP contribution in [0.1, 0.15) is 54.4 Å². The number of alkyl carbamates (subject to hydrolysis) is 1. The molecule has 22 heavy (non-hydrogen) atoms. The first-order valence-corrected chi connectivity index (χ1v) is 11.0. The van der Waals surface area contributed by atoms with Crippen molar-refractivity contribution in [2.24, 2.45) is 0 Å². The summed E-state index contributed by atoms with van der Waals surface area (Å²) in [6, 6.07) is -0.320. The van der Waals surface area contributed by atoms with Crippen molar-refractivity contribution in [1.82, 2.24) is 5.32 Å². The average molecular weight is 334 g/mol. The van der Waals surface area contributed by atoms with E-state index in [0.717, 1.165) is 0 Å². The van der Waals surface area contributed by atoms with Gasteiger partial charge in [-0.25, -0.2) is 9.18 Å². The van der Waals surface area contributed by atoms with Gasteiger partial charge in [0.05, 0.1) is 12.1 Å². The Morgan fingerprint density at radius 2 is 1.68 bits per heavy atom. The maximum absolute atomic E-state index is 14.3. The van der Waals surface area contributed by atoms with E-state index in [9.17, 15) is 9.18 Å². The highest BCUT2D eigenvalue weighted by molar-refractivity contribution is 6.74. The molecular weight excluding hydrogens is 301 g/mol. The zero-order chi connectivity index (χ0) is 17.3. The summed E-state index contributed by atoms with van der Waals surface area (Å²) in [5.41, 5.74) is -0.562. The molecule has 1 aliphatic rings. The number of hydrogen-bond acceptors (Lipinski definition) is 3. The van der Waals surface area contributed by atoms with E-state index in [1.807, 2.05) is 20.8 Å². The lowest BCUT2D eigenvalue weighted by Crippen LogP contribution is -2.52. The van der Waals surface area contributed by atoms with Gasteiger partial charge in [0, 0.05) is 0 Å². The van der Waals surface area contributed by atoms with Gasteiger partial charge in [0.25, 0.3) is 0 Å². The van der Waals surface area contributed by atoms with Crippen LogP contribution in [0.2, 0.25) is 18.1 Å². The van der Waals surface area contributed by atoms with Crippen LogP contribution < -0.4 is 5.32 Å². The fourth-order valence-electron chi connectivity index (χ4n) is 2.21. The van der Waals surface area contributed by atoms with Crippen molar-refractivity contribution >= 4 is 14.4 Å². The van der Waals surface area contributed by atoms with E-state index < -0.39 is 32.3 Å². The second-order valence-corrected chi connectivity index (χ2v) is 13.4. The van der Waals surface area contributed by atoms with Crippen LogP contribution in [0.3, 0.4) is 0 Å². The number of halogens is 1. The van der Waals surface area contributed by atoms with Crippen LogP contribution in [0.4, 0.5) is 9.18 Å². The van der Waals surface area contributed by atoms with Gasteiger partial charge in [-0.15, -0.1) is 0 Å². The van der Waals surface area contributed by atoms with E-state index in [2.05, 4.69) is 39.2 Å². The van der Waals surface area contributed by atoms with Gasteiger partial charge in [-0.3, -0.25) is 0 Å². The largest absolute Gasteiger partial charge is 0.444 e. The third-order valence-electron chi connectivity index (χ3n) is 4.45. The van der Waals surface area contributed by atoms with Crippen molar-refractivity contribution < 1.29 is 18.3 Å². The molecule has 6 heteroatoms. The molecule has 0 saturated heterocycles. The first-order chi connectivity index (χ1) is 9.73. The minimum absolute atomic E-state index is 0.00573. The number of hydrogen-bond donors (Lipinski definition) is 1. The number of ether oxygens (including phenoxy) is 1. The van der Waals surface area contributed by atoms with E-state index >= 15 is 0 Å². The Balaban J connectivity index is 2.74. The Morgan fingerprint density at radius 3 is 2.14 bits per heavy atom. The molecule has 1 saturated carbocycles. The fraction of sp³-hybridized carbons (Fsp3) is 0.938. The smallest absolute Gasteiger partial charge is 0.407 e. The maximum atomic E-state index is 14.3. The van der Waals surface area contributed by atoms with Gasteiger partial charge < -0.3 is 14.5 Å². The topological polar surface area (TPSA) is 47.6 Å². The van der Waals surface area contributed by atoms with E-state index in [1.54, 1.807) is 0 Å². The van der Waals surface area contributed by atoms with Gasteiger partial charge in [0.1, 0.15) is 11.8 Å². The summed E-state index contributed by atoms with van der Waals surface area (Å²) in [5, 5.41) is 2.79. The second kappa shape index (κ2) is 6.47. The lowest BCUT2D eigenvalue weighted by Gasteiger charge is -2.40. The Morgan fingerprint density at radius 1 is 1.14 bits per heavy atom. The Hall–Kier alpha value is -0.623. The molecule has 0 unspecified atom stereocenters. The van der Waals surface area contributed by atoms with Crippen molar-refractivity contribution in [3.05, 3.63) is 0 Å². The first kappa shape index (κ1) is 19.4. The minimum Gasteiger partial charge on any atom is -0.444 e. The molecule has 0 radical (unpaired) electrons. The SMILES string of the molecule is CC(C)(C)OC(=O)N[C@@H]1CC[C@@H](F)[C@H]1O[Si](C)(C)C(C)(C)C. The number of nitrogens with one attached hydrogen (secondary N) is 1. The lowest BCUT2D eigenvalue weighted by molar-refractivity contribution is 0.0412. The van der Waals surface area contributed by atoms with Gasteiger partial charge >= 0.3 is 6.09 Å². The summed E-state index contributed by atoms with van der Waals surface area (Å²) in [4.78, 5) is 11.9. The average Bonchev–Trinajstić information content (AvgIpc) is 2.56. The maximum Gasteiger partial charge on any atom is 0.407 e. The molecule has 0 aromatic carbocycles. The summed E-state index contributed by atoms with van der Waals surface area (Å²) in [5.74, 6) is 0. The summed E-state index contributed by atoms with van der Waals surface area (Å²) in [7, 11) is -2.08. The normalized spacial score (nSPS) is 26.9. The number of carbonyl (C=O) groups excluding carboxylic acids is 1. The van der Waals surface area contributed by atoms with Crippen molar-refractivity contribution in [1.29, 1.82) is 0 Å². The molecule has 0 aromatic heterocycles. The molecule has 1 fully saturated rings. The quantitative estimate of drug-likeness (QED) is 0.779. The van der Waals surface area contributed by atoms with E-state index in [-0.39, 0.29) is 11.1 Å². The first-order valence-electron chi connectivity index (χ1n) is 8.04. The molecule has 0 aliphatic heterocycles. The Labute approximate surface area is 135 Å². The molecule has 4 nitrogen and oxygen atoms in total. The highest BCUT2D eigenvalue weighted by Gasteiger charge is 2.46. The van der Waals surface area contributed by atoms with E-state index in [4.69, 9.17) is 9.16 Å². The summed E-state index contributed by atoms with van der Waals surface area (Å²) < 4.78 is 25.7. The van der Waals surface area contributed by atoms with Crippen LogP contribution in [0.5, 0.6) is 0 Å². The molecule has 3 atom stereocenters. The van der Waals surface area contributed by atoms with Gasteiger partial charge in [-0.05, 0) is 51.7 Å². The molecule has 1 amide bonds. The molecule has 1 N–H and O–H groups in total. The van der Waals surface area contributed by atoms with Crippen molar-refractivity contribution in [3.63, 3.8) is 0 Å². The van der Waals surface area contributed by atoms with Gasteiger partial charge in [-0.1, -0.05) is 20.8 Å². The number of rotatable bonds is 3. The monoisotopic (exact) mass is 333 g/mol. The molecule has 0 spiro atoms. The van der Waals surface area contributed by atoms with Crippen molar-refractivity contribution in [3.8, 4) is 0 Å². The van der Waals surface area contributed by atoms with Crippen LogP contribution in [-0.4, -0.2) is 38.3 Å². The van der Waals surface area contributed by atoms with Crippen molar-refractivity contribution in [2.45, 2.75) is 96.4 Å². The third kappa shape index (κ3) is 5.23. The Bertz CT molecular complexity index is 401. The summed E-state index contributed by atoms with van der Waals surface area (Å²) in [6.07, 6.45) is -1.11. The van der Waals surface area contributed by atoms with E-state index in [0.29, 0.717) is 12.8 Å². The minimum atomic E-state index is -2.08. The van der Waals surface area contributed by atoms with Crippen LogP contribution >= 0.6 is 0 Å². The number of carbonyl (C=O) groups is 1. The summed E-state index contributed by atoms with van der Waals surface area (Å²) in [6.45, 7) is 16.0. The highest BCUT2D eigenvalue weighted by Crippen LogP contribution is 2.40. The predicted octanol–water partition coefficient (Wildman–Crippen LogP) is 4.40. The van der Waals surface area contributed by atoms with Gasteiger partial charge in [0.2, 0.25) is 0 Å². The third-order valence-corrected chi connectivity index (χ3v) is 8.92. The Kier molecular flexibility index (Phi) is 5.72. The van der Waals surface area contributed by atoms with Gasteiger partial charge in [-0.2, -0.15) is 0 Å².